The van der Waals surface area contributed by atoms with Gasteiger partial charge in [0, 0.05) is 24.7 Å². The monoisotopic (exact) mass is 358 g/mol. The maximum atomic E-state index is 6.33. The van der Waals surface area contributed by atoms with Gasteiger partial charge in [0.1, 0.15) is 5.69 Å². The zero-order valence-electron chi connectivity index (χ0n) is 14.6. The molecule has 25 heavy (non-hydrogen) atoms. The molecule has 1 aliphatic carbocycles. The van der Waals surface area contributed by atoms with Crippen LogP contribution in [-0.4, -0.2) is 18.1 Å². The summed E-state index contributed by atoms with van der Waals surface area (Å²) in [6.45, 7) is 1.91. The Morgan fingerprint density at radius 3 is 2.84 bits per heavy atom. The van der Waals surface area contributed by atoms with Crippen LogP contribution in [0.2, 0.25) is 5.02 Å². The summed E-state index contributed by atoms with van der Waals surface area (Å²) in [5.74, 6) is 1.23. The summed E-state index contributed by atoms with van der Waals surface area (Å²) in [6.07, 6.45) is 6.42. The van der Waals surface area contributed by atoms with Gasteiger partial charge in [-0.3, -0.25) is 4.98 Å². The number of para-hydroxylation sites is 1. The van der Waals surface area contributed by atoms with E-state index < -0.39 is 5.79 Å². The molecule has 2 heterocycles. The Hall–Kier alpha value is -1.78. The van der Waals surface area contributed by atoms with Crippen molar-refractivity contribution in [2.45, 2.75) is 50.4 Å². The van der Waals surface area contributed by atoms with Crippen molar-refractivity contribution in [3.05, 3.63) is 52.8 Å². The van der Waals surface area contributed by atoms with E-state index in [2.05, 4.69) is 22.4 Å². The number of halogens is 1. The molecule has 3 atom stereocenters. The van der Waals surface area contributed by atoms with Crippen LogP contribution in [0.25, 0.3) is 0 Å². The first-order chi connectivity index (χ1) is 12.1. The fourth-order valence-corrected chi connectivity index (χ4v) is 4.06. The lowest BCUT2D eigenvalue weighted by Crippen LogP contribution is -2.33. The van der Waals surface area contributed by atoms with E-state index in [0.29, 0.717) is 17.0 Å². The van der Waals surface area contributed by atoms with E-state index >= 15 is 0 Å². The molecule has 1 saturated carbocycles. The molecule has 1 N–H and O–H groups in total. The van der Waals surface area contributed by atoms with Gasteiger partial charge in [-0.25, -0.2) is 0 Å². The first-order valence-corrected chi connectivity index (χ1v) is 9.27. The van der Waals surface area contributed by atoms with Crippen molar-refractivity contribution >= 4 is 11.6 Å². The van der Waals surface area contributed by atoms with E-state index in [4.69, 9.17) is 21.1 Å². The van der Waals surface area contributed by atoms with Crippen LogP contribution in [0.1, 0.15) is 49.8 Å². The smallest absolute Gasteiger partial charge is 0.292 e. The van der Waals surface area contributed by atoms with Crippen molar-refractivity contribution in [2.75, 3.05) is 7.05 Å². The Kier molecular flexibility index (Phi) is 4.34. The molecule has 0 spiro atoms. The van der Waals surface area contributed by atoms with Gasteiger partial charge in [-0.1, -0.05) is 30.2 Å². The first kappa shape index (κ1) is 16.7. The number of aromatic nitrogens is 1. The summed E-state index contributed by atoms with van der Waals surface area (Å²) < 4.78 is 12.5. The van der Waals surface area contributed by atoms with Crippen molar-refractivity contribution in [3.63, 3.8) is 0 Å². The molecule has 132 valence electrons. The van der Waals surface area contributed by atoms with Crippen molar-refractivity contribution < 1.29 is 9.47 Å². The quantitative estimate of drug-likeness (QED) is 0.869. The topological polar surface area (TPSA) is 43.4 Å². The Labute approximate surface area is 153 Å². The highest BCUT2D eigenvalue weighted by Crippen LogP contribution is 2.49. The molecule has 1 aliphatic heterocycles. The molecule has 2 aliphatic rings. The summed E-state index contributed by atoms with van der Waals surface area (Å²) in [5, 5.41) is 4.02. The summed E-state index contributed by atoms with van der Waals surface area (Å²) >= 11 is 5.96. The van der Waals surface area contributed by atoms with Crippen LogP contribution in [0, 0.1) is 0 Å². The zero-order chi connectivity index (χ0) is 17.4. The SMILES string of the molecule is CNC1CCCC(c2cccc3c2O[C@@](C)(c2ccc(Cl)cn2)O3)C1. The minimum Gasteiger partial charge on any atom is -0.443 e. The largest absolute Gasteiger partial charge is 0.443 e. The summed E-state index contributed by atoms with van der Waals surface area (Å²) in [7, 11) is 2.05. The average molecular weight is 359 g/mol. The zero-order valence-corrected chi connectivity index (χ0v) is 15.3. The highest BCUT2D eigenvalue weighted by Gasteiger charge is 2.42. The minimum absolute atomic E-state index is 0.491. The Bertz CT molecular complexity index is 765. The standard InChI is InChI=1S/C20H23ClN2O2/c1-20(18-10-9-14(21)12-23-18)24-17-8-4-7-16(19(17)25-20)13-5-3-6-15(11-13)22-2/h4,7-10,12-13,15,22H,3,5-6,11H2,1-2H3/t13?,15?,20-/m0/s1. The molecule has 0 bridgehead atoms. The molecule has 0 radical (unpaired) electrons. The number of nitrogens with one attached hydrogen (secondary N) is 1. The Morgan fingerprint density at radius 1 is 1.20 bits per heavy atom. The fourth-order valence-electron chi connectivity index (χ4n) is 3.95. The van der Waals surface area contributed by atoms with Crippen LogP contribution >= 0.6 is 11.6 Å². The van der Waals surface area contributed by atoms with Crippen LogP contribution in [0.4, 0.5) is 0 Å². The molecule has 4 nitrogen and oxygen atoms in total. The maximum absolute atomic E-state index is 6.33. The minimum atomic E-state index is -0.917. The second kappa shape index (κ2) is 6.50. The van der Waals surface area contributed by atoms with Crippen molar-refractivity contribution in [1.29, 1.82) is 0 Å². The lowest BCUT2D eigenvalue weighted by molar-refractivity contribution is -0.0722. The van der Waals surface area contributed by atoms with Crippen LogP contribution in [-0.2, 0) is 5.79 Å². The van der Waals surface area contributed by atoms with Crippen LogP contribution in [0.5, 0.6) is 11.5 Å². The van der Waals surface area contributed by atoms with Crippen LogP contribution in [0.15, 0.2) is 36.5 Å². The average Bonchev–Trinajstić information content (AvgIpc) is 2.99. The van der Waals surface area contributed by atoms with Gasteiger partial charge in [-0.2, -0.15) is 0 Å². The lowest BCUT2D eigenvalue weighted by Gasteiger charge is -2.30. The third-order valence-electron chi connectivity index (χ3n) is 5.33. The molecule has 1 aromatic heterocycles. The number of nitrogens with zero attached hydrogens (tertiary/aromatic N) is 1. The molecular weight excluding hydrogens is 336 g/mol. The normalized spacial score (nSPS) is 28.1. The summed E-state index contributed by atoms with van der Waals surface area (Å²) in [6, 6.07) is 10.4. The third-order valence-corrected chi connectivity index (χ3v) is 5.55. The van der Waals surface area contributed by atoms with E-state index in [0.717, 1.165) is 23.6 Å². The van der Waals surface area contributed by atoms with Gasteiger partial charge in [0.15, 0.2) is 11.5 Å². The number of pyridine rings is 1. The van der Waals surface area contributed by atoms with Gasteiger partial charge in [0.2, 0.25) is 0 Å². The summed E-state index contributed by atoms with van der Waals surface area (Å²) in [4.78, 5) is 4.39. The van der Waals surface area contributed by atoms with E-state index in [-0.39, 0.29) is 0 Å². The van der Waals surface area contributed by atoms with Gasteiger partial charge in [0.25, 0.3) is 5.79 Å². The van der Waals surface area contributed by atoms with Crippen LogP contribution in [0.3, 0.4) is 0 Å². The third kappa shape index (κ3) is 3.09. The van der Waals surface area contributed by atoms with Gasteiger partial charge >= 0.3 is 0 Å². The molecule has 0 saturated heterocycles. The van der Waals surface area contributed by atoms with E-state index in [9.17, 15) is 0 Å². The highest BCUT2D eigenvalue weighted by molar-refractivity contribution is 6.30. The predicted molar refractivity (Wildman–Crippen MR) is 98.4 cm³/mol. The fraction of sp³-hybridized carbons (Fsp3) is 0.450. The number of hydrogen-bond donors (Lipinski definition) is 1. The predicted octanol–water partition coefficient (Wildman–Crippen LogP) is 4.62. The van der Waals surface area contributed by atoms with Gasteiger partial charge in [0.05, 0.1) is 5.02 Å². The van der Waals surface area contributed by atoms with Crippen molar-refractivity contribution in [3.8, 4) is 11.5 Å². The number of rotatable bonds is 3. The van der Waals surface area contributed by atoms with Gasteiger partial charge in [-0.15, -0.1) is 0 Å². The van der Waals surface area contributed by atoms with E-state index in [1.54, 1.807) is 6.20 Å². The second-order valence-electron chi connectivity index (χ2n) is 7.04. The van der Waals surface area contributed by atoms with Crippen molar-refractivity contribution in [2.24, 2.45) is 0 Å². The van der Waals surface area contributed by atoms with Crippen molar-refractivity contribution in [1.82, 2.24) is 10.3 Å². The molecule has 2 aromatic rings. The molecule has 4 rings (SSSR count). The highest BCUT2D eigenvalue weighted by atomic mass is 35.5. The number of hydrogen-bond acceptors (Lipinski definition) is 4. The summed E-state index contributed by atoms with van der Waals surface area (Å²) in [5.41, 5.74) is 1.96. The van der Waals surface area contributed by atoms with E-state index in [1.165, 1.54) is 24.8 Å². The molecule has 1 fully saturated rings. The number of ether oxygens (including phenoxy) is 2. The molecule has 5 heteroatoms. The molecular formula is C20H23ClN2O2. The van der Waals surface area contributed by atoms with Gasteiger partial charge in [-0.05, 0) is 50.4 Å². The first-order valence-electron chi connectivity index (χ1n) is 8.89. The Morgan fingerprint density at radius 2 is 2.08 bits per heavy atom. The van der Waals surface area contributed by atoms with E-state index in [1.807, 2.05) is 32.2 Å². The molecule has 1 aromatic carbocycles. The van der Waals surface area contributed by atoms with Crippen LogP contribution < -0.4 is 14.8 Å². The second-order valence-corrected chi connectivity index (χ2v) is 7.47. The maximum Gasteiger partial charge on any atom is 0.292 e. The van der Waals surface area contributed by atoms with Gasteiger partial charge < -0.3 is 14.8 Å². The molecule has 2 unspecified atom stereocenters. The lowest BCUT2D eigenvalue weighted by atomic mass is 9.81. The molecule has 0 amide bonds. The number of benzene rings is 1. The Balaban J connectivity index is 1.64. The number of fused-ring (bicyclic) bond motifs is 1.